The van der Waals surface area contributed by atoms with Gasteiger partial charge in [0.1, 0.15) is 6.61 Å². The quantitative estimate of drug-likeness (QED) is 0.822. The van der Waals surface area contributed by atoms with Crippen LogP contribution in [0.25, 0.3) is 0 Å². The van der Waals surface area contributed by atoms with Gasteiger partial charge in [-0.1, -0.05) is 35.0 Å². The lowest BCUT2D eigenvalue weighted by Gasteiger charge is -1.98. The number of aromatic nitrogens is 2. The van der Waals surface area contributed by atoms with Crippen LogP contribution in [-0.4, -0.2) is 10.1 Å². The summed E-state index contributed by atoms with van der Waals surface area (Å²) < 4.78 is 4.91. The molecule has 1 aromatic carbocycles. The first-order chi connectivity index (χ1) is 7.79. The van der Waals surface area contributed by atoms with E-state index in [0.717, 1.165) is 5.56 Å². The van der Waals surface area contributed by atoms with Crippen LogP contribution in [0, 0.1) is 0 Å². The zero-order valence-corrected chi connectivity index (χ0v) is 9.15. The molecule has 1 heterocycles. The maximum atomic E-state index is 6.01. The third kappa shape index (κ3) is 2.57. The fraction of sp³-hybridized carbons (Fsp3) is 0.200. The number of hydrogen-bond acceptors (Lipinski definition) is 5. The Morgan fingerprint density at radius 1 is 1.38 bits per heavy atom. The first-order valence-corrected chi connectivity index (χ1v) is 5.04. The third-order valence-electron chi connectivity index (χ3n) is 2.02. The number of halogens is 1. The van der Waals surface area contributed by atoms with Crippen LogP contribution in [0.15, 0.2) is 28.8 Å². The molecule has 5 nitrogen and oxygen atoms in total. The molecule has 84 valence electrons. The largest absolute Gasteiger partial charge is 0.337 e. The van der Waals surface area contributed by atoms with Crippen LogP contribution >= 0.6 is 11.6 Å². The molecular weight excluding hydrogens is 230 g/mol. The molecule has 2 N–H and O–H groups in total. The predicted molar refractivity (Wildman–Crippen MR) is 57.5 cm³/mol. The second-order valence-electron chi connectivity index (χ2n) is 3.18. The van der Waals surface area contributed by atoms with Crippen LogP contribution in [0.5, 0.6) is 0 Å². The first kappa shape index (κ1) is 11.1. The van der Waals surface area contributed by atoms with Crippen LogP contribution in [0.1, 0.15) is 17.3 Å². The Labute approximate surface area is 97.1 Å². The van der Waals surface area contributed by atoms with E-state index in [1.54, 1.807) is 0 Å². The van der Waals surface area contributed by atoms with Gasteiger partial charge in [-0.3, -0.25) is 4.84 Å². The molecule has 16 heavy (non-hydrogen) atoms. The van der Waals surface area contributed by atoms with Gasteiger partial charge < -0.3 is 4.52 Å². The Balaban J connectivity index is 2.11. The Bertz CT molecular complexity index is 473. The highest BCUT2D eigenvalue weighted by molar-refractivity contribution is 6.31. The zero-order valence-electron chi connectivity index (χ0n) is 8.39. The van der Waals surface area contributed by atoms with Gasteiger partial charge in [-0.25, -0.2) is 5.90 Å². The number of rotatable bonds is 4. The summed E-state index contributed by atoms with van der Waals surface area (Å²) in [6, 6.07) is 7.51. The molecule has 0 aliphatic heterocycles. The van der Waals surface area contributed by atoms with E-state index in [4.69, 9.17) is 22.0 Å². The smallest absolute Gasteiger partial charge is 0.254 e. The molecule has 0 bridgehead atoms. The van der Waals surface area contributed by atoms with E-state index in [-0.39, 0.29) is 6.61 Å². The molecule has 2 rings (SSSR count). The topological polar surface area (TPSA) is 74.2 Å². The summed E-state index contributed by atoms with van der Waals surface area (Å²) in [6.45, 7) is 0.107. The van der Waals surface area contributed by atoms with Gasteiger partial charge in [0.2, 0.25) is 0 Å². The lowest BCUT2D eigenvalue weighted by Crippen LogP contribution is -1.99. The van der Waals surface area contributed by atoms with E-state index >= 15 is 0 Å². The van der Waals surface area contributed by atoms with E-state index < -0.39 is 0 Å². The number of benzene rings is 1. The maximum Gasteiger partial charge on any atom is 0.254 e. The fourth-order valence-corrected chi connectivity index (χ4v) is 1.51. The van der Waals surface area contributed by atoms with E-state index in [1.807, 2.05) is 24.3 Å². The highest BCUT2D eigenvalue weighted by Gasteiger charge is 2.08. The Kier molecular flexibility index (Phi) is 3.51. The van der Waals surface area contributed by atoms with Gasteiger partial charge >= 0.3 is 0 Å². The molecule has 0 spiro atoms. The van der Waals surface area contributed by atoms with Crippen LogP contribution in [0.2, 0.25) is 5.02 Å². The van der Waals surface area contributed by atoms with Crippen molar-refractivity contribution >= 4 is 11.6 Å². The van der Waals surface area contributed by atoms with Gasteiger partial charge in [0.25, 0.3) is 5.89 Å². The highest BCUT2D eigenvalue weighted by Crippen LogP contribution is 2.17. The van der Waals surface area contributed by atoms with Crippen molar-refractivity contribution in [2.45, 2.75) is 13.0 Å². The van der Waals surface area contributed by atoms with Gasteiger partial charge in [0, 0.05) is 11.4 Å². The molecule has 0 saturated carbocycles. The van der Waals surface area contributed by atoms with Crippen LogP contribution in [0.3, 0.4) is 0 Å². The molecule has 0 amide bonds. The second kappa shape index (κ2) is 5.07. The van der Waals surface area contributed by atoms with Crippen molar-refractivity contribution in [3.8, 4) is 0 Å². The standard InChI is InChI=1S/C10H10ClN3O2/c11-8-4-2-1-3-7(8)5-9-13-10(6-15-12)16-14-9/h1-4H,5-6,12H2. The Morgan fingerprint density at radius 3 is 2.94 bits per heavy atom. The molecule has 0 fully saturated rings. The molecule has 0 atom stereocenters. The monoisotopic (exact) mass is 239 g/mol. The van der Waals surface area contributed by atoms with Crippen molar-refractivity contribution < 1.29 is 9.36 Å². The zero-order chi connectivity index (χ0) is 11.4. The normalized spacial score (nSPS) is 10.6. The summed E-state index contributed by atoms with van der Waals surface area (Å²) in [4.78, 5) is 8.49. The van der Waals surface area contributed by atoms with Crippen molar-refractivity contribution in [2.24, 2.45) is 5.90 Å². The molecule has 2 aromatic rings. The van der Waals surface area contributed by atoms with Crippen molar-refractivity contribution in [1.82, 2.24) is 10.1 Å². The average Bonchev–Trinajstić information content (AvgIpc) is 2.70. The average molecular weight is 240 g/mol. The third-order valence-corrected chi connectivity index (χ3v) is 2.39. The number of nitrogens with zero attached hydrogens (tertiary/aromatic N) is 2. The number of nitrogens with two attached hydrogens (primary N) is 1. The van der Waals surface area contributed by atoms with Crippen molar-refractivity contribution in [3.05, 3.63) is 46.6 Å². The molecule has 0 saturated heterocycles. The van der Waals surface area contributed by atoms with Crippen LogP contribution in [0.4, 0.5) is 0 Å². The van der Waals surface area contributed by atoms with Crippen LogP contribution < -0.4 is 5.90 Å². The van der Waals surface area contributed by atoms with E-state index in [0.29, 0.717) is 23.2 Å². The highest BCUT2D eigenvalue weighted by atomic mass is 35.5. The summed E-state index contributed by atoms with van der Waals surface area (Å²) in [5, 5.41) is 4.48. The minimum absolute atomic E-state index is 0.107. The molecular formula is C10H10ClN3O2. The fourth-order valence-electron chi connectivity index (χ4n) is 1.30. The van der Waals surface area contributed by atoms with Crippen molar-refractivity contribution in [2.75, 3.05) is 0 Å². The van der Waals surface area contributed by atoms with Crippen LogP contribution in [-0.2, 0) is 17.9 Å². The summed E-state index contributed by atoms with van der Waals surface area (Å²) in [5.74, 6) is 5.80. The molecule has 0 aliphatic rings. The summed E-state index contributed by atoms with van der Waals surface area (Å²) in [5.41, 5.74) is 0.949. The summed E-state index contributed by atoms with van der Waals surface area (Å²) in [6.07, 6.45) is 0.522. The lowest BCUT2D eigenvalue weighted by atomic mass is 10.1. The van der Waals surface area contributed by atoms with Gasteiger partial charge in [-0.2, -0.15) is 4.98 Å². The second-order valence-corrected chi connectivity index (χ2v) is 3.59. The van der Waals surface area contributed by atoms with Gasteiger partial charge in [-0.15, -0.1) is 0 Å². The van der Waals surface area contributed by atoms with Crippen molar-refractivity contribution in [3.63, 3.8) is 0 Å². The molecule has 0 aliphatic carbocycles. The first-order valence-electron chi connectivity index (χ1n) is 4.66. The number of hydrogen-bond donors (Lipinski definition) is 1. The summed E-state index contributed by atoms with van der Waals surface area (Å²) >= 11 is 6.01. The van der Waals surface area contributed by atoms with E-state index in [2.05, 4.69) is 15.0 Å². The van der Waals surface area contributed by atoms with Gasteiger partial charge in [0.15, 0.2) is 5.82 Å². The van der Waals surface area contributed by atoms with Crippen molar-refractivity contribution in [1.29, 1.82) is 0 Å². The van der Waals surface area contributed by atoms with Gasteiger partial charge in [-0.05, 0) is 11.6 Å². The van der Waals surface area contributed by atoms with Gasteiger partial charge in [0.05, 0.1) is 0 Å². The molecule has 0 unspecified atom stereocenters. The lowest BCUT2D eigenvalue weighted by molar-refractivity contribution is 0.0995. The molecule has 0 radical (unpaired) electrons. The van der Waals surface area contributed by atoms with E-state index in [1.165, 1.54) is 0 Å². The Hall–Kier alpha value is -1.43. The summed E-state index contributed by atoms with van der Waals surface area (Å²) in [7, 11) is 0. The minimum Gasteiger partial charge on any atom is -0.337 e. The van der Waals surface area contributed by atoms with E-state index in [9.17, 15) is 0 Å². The molecule has 1 aromatic heterocycles. The SMILES string of the molecule is NOCc1nc(Cc2ccccc2Cl)no1. The maximum absolute atomic E-state index is 6.01. The minimum atomic E-state index is 0.107. The molecule has 6 heteroatoms. The predicted octanol–water partition coefficient (Wildman–Crippen LogP) is 1.70. The Morgan fingerprint density at radius 2 is 2.19 bits per heavy atom.